The summed E-state index contributed by atoms with van der Waals surface area (Å²) in [4.78, 5) is 6.60. The minimum atomic E-state index is 0.576. The normalized spacial score (nSPS) is 21.7. The Balaban J connectivity index is 2.26. The van der Waals surface area contributed by atoms with Gasteiger partial charge in [-0.05, 0) is 32.3 Å². The van der Waals surface area contributed by atoms with Gasteiger partial charge in [0.2, 0.25) is 0 Å². The summed E-state index contributed by atoms with van der Waals surface area (Å²) >= 11 is 0. The summed E-state index contributed by atoms with van der Waals surface area (Å²) < 4.78 is 0. The van der Waals surface area contributed by atoms with Crippen LogP contribution in [-0.4, -0.2) is 17.6 Å². The molecule has 1 saturated heterocycles. The lowest BCUT2D eigenvalue weighted by Crippen LogP contribution is -2.38. The van der Waals surface area contributed by atoms with Crippen molar-refractivity contribution in [2.45, 2.75) is 38.8 Å². The minimum absolute atomic E-state index is 0.576. The van der Waals surface area contributed by atoms with E-state index in [4.69, 9.17) is 5.73 Å². The van der Waals surface area contributed by atoms with Gasteiger partial charge in [0.25, 0.3) is 0 Å². The SMILES string of the molecule is C[C@H]1CCCCN1c1ccncc1CN. The molecule has 1 aliphatic rings. The van der Waals surface area contributed by atoms with E-state index in [2.05, 4.69) is 22.9 Å². The molecule has 2 heterocycles. The van der Waals surface area contributed by atoms with E-state index in [-0.39, 0.29) is 0 Å². The summed E-state index contributed by atoms with van der Waals surface area (Å²) in [6.45, 7) is 4.02. The molecule has 0 radical (unpaired) electrons. The Morgan fingerprint density at radius 3 is 3.13 bits per heavy atom. The van der Waals surface area contributed by atoms with Crippen LogP contribution in [0.1, 0.15) is 31.7 Å². The molecule has 0 amide bonds. The molecule has 82 valence electrons. The van der Waals surface area contributed by atoms with Gasteiger partial charge in [0, 0.05) is 42.8 Å². The van der Waals surface area contributed by atoms with E-state index in [9.17, 15) is 0 Å². The standard InChI is InChI=1S/C12H19N3/c1-10-4-2-3-7-15(10)12-5-6-14-9-11(12)8-13/h5-6,9-10H,2-4,7-8,13H2,1H3/t10-/m0/s1. The molecule has 0 bridgehead atoms. The molecule has 3 nitrogen and oxygen atoms in total. The van der Waals surface area contributed by atoms with Crippen LogP contribution in [0.5, 0.6) is 0 Å². The third-order valence-electron chi connectivity index (χ3n) is 3.21. The maximum Gasteiger partial charge on any atom is 0.0445 e. The first kappa shape index (κ1) is 10.4. The van der Waals surface area contributed by atoms with E-state index in [1.54, 1.807) is 0 Å². The second-order valence-electron chi connectivity index (χ2n) is 4.25. The molecule has 1 aliphatic heterocycles. The highest BCUT2D eigenvalue weighted by atomic mass is 15.2. The Morgan fingerprint density at radius 1 is 1.53 bits per heavy atom. The van der Waals surface area contributed by atoms with E-state index < -0.39 is 0 Å². The van der Waals surface area contributed by atoms with E-state index >= 15 is 0 Å². The summed E-state index contributed by atoms with van der Waals surface area (Å²) in [6, 6.07) is 2.72. The Hall–Kier alpha value is -1.09. The van der Waals surface area contributed by atoms with E-state index in [1.165, 1.54) is 24.9 Å². The first-order valence-electron chi connectivity index (χ1n) is 5.72. The number of aromatic nitrogens is 1. The molecule has 2 rings (SSSR count). The van der Waals surface area contributed by atoms with Gasteiger partial charge in [0.15, 0.2) is 0 Å². The molecule has 1 fully saturated rings. The van der Waals surface area contributed by atoms with Gasteiger partial charge < -0.3 is 10.6 Å². The number of nitrogens with zero attached hydrogens (tertiary/aromatic N) is 2. The van der Waals surface area contributed by atoms with Crippen molar-refractivity contribution in [3.63, 3.8) is 0 Å². The molecule has 2 N–H and O–H groups in total. The maximum absolute atomic E-state index is 5.74. The van der Waals surface area contributed by atoms with Gasteiger partial charge in [-0.25, -0.2) is 0 Å². The van der Waals surface area contributed by atoms with Gasteiger partial charge in [0.05, 0.1) is 0 Å². The second kappa shape index (κ2) is 4.62. The number of anilines is 1. The fourth-order valence-electron chi connectivity index (χ4n) is 2.31. The number of hydrogen-bond donors (Lipinski definition) is 1. The van der Waals surface area contributed by atoms with Crippen molar-refractivity contribution in [2.24, 2.45) is 5.73 Å². The quantitative estimate of drug-likeness (QED) is 0.802. The van der Waals surface area contributed by atoms with Crippen LogP contribution in [0.2, 0.25) is 0 Å². The summed E-state index contributed by atoms with van der Waals surface area (Å²) in [6.07, 6.45) is 7.66. The number of pyridine rings is 1. The lowest BCUT2D eigenvalue weighted by molar-refractivity contribution is 0.483. The molecular formula is C12H19N3. The number of hydrogen-bond acceptors (Lipinski definition) is 3. The van der Waals surface area contributed by atoms with E-state index in [1.807, 2.05) is 12.4 Å². The molecule has 1 aromatic rings. The summed E-state index contributed by atoms with van der Waals surface area (Å²) in [5.74, 6) is 0. The van der Waals surface area contributed by atoms with Gasteiger partial charge in [0.1, 0.15) is 0 Å². The van der Waals surface area contributed by atoms with Gasteiger partial charge >= 0.3 is 0 Å². The van der Waals surface area contributed by atoms with Crippen molar-refractivity contribution in [3.8, 4) is 0 Å². The van der Waals surface area contributed by atoms with Gasteiger partial charge in [-0.3, -0.25) is 4.98 Å². The molecule has 0 aliphatic carbocycles. The van der Waals surface area contributed by atoms with Crippen molar-refractivity contribution in [3.05, 3.63) is 24.0 Å². The molecule has 0 spiro atoms. The molecule has 0 aromatic carbocycles. The van der Waals surface area contributed by atoms with Crippen molar-refractivity contribution in [2.75, 3.05) is 11.4 Å². The van der Waals surface area contributed by atoms with Gasteiger partial charge in [-0.15, -0.1) is 0 Å². The molecular weight excluding hydrogens is 186 g/mol. The molecule has 1 aromatic heterocycles. The average molecular weight is 205 g/mol. The zero-order valence-electron chi connectivity index (χ0n) is 9.32. The second-order valence-corrected chi connectivity index (χ2v) is 4.25. The minimum Gasteiger partial charge on any atom is -0.368 e. The van der Waals surface area contributed by atoms with Crippen LogP contribution in [-0.2, 0) is 6.54 Å². The molecule has 15 heavy (non-hydrogen) atoms. The van der Waals surface area contributed by atoms with Crippen molar-refractivity contribution >= 4 is 5.69 Å². The third-order valence-corrected chi connectivity index (χ3v) is 3.21. The van der Waals surface area contributed by atoms with Gasteiger partial charge in [-0.2, -0.15) is 0 Å². The van der Waals surface area contributed by atoms with E-state index in [0.717, 1.165) is 12.1 Å². The zero-order chi connectivity index (χ0) is 10.7. The van der Waals surface area contributed by atoms with Crippen LogP contribution in [0.15, 0.2) is 18.5 Å². The maximum atomic E-state index is 5.74. The fraction of sp³-hybridized carbons (Fsp3) is 0.583. The number of piperidine rings is 1. The van der Waals surface area contributed by atoms with Crippen molar-refractivity contribution in [1.82, 2.24) is 4.98 Å². The van der Waals surface area contributed by atoms with Crippen LogP contribution in [0.3, 0.4) is 0 Å². The number of rotatable bonds is 2. The third kappa shape index (κ3) is 2.12. The predicted molar refractivity (Wildman–Crippen MR) is 62.8 cm³/mol. The van der Waals surface area contributed by atoms with Crippen LogP contribution in [0.4, 0.5) is 5.69 Å². The Kier molecular flexibility index (Phi) is 3.21. The van der Waals surface area contributed by atoms with Crippen LogP contribution >= 0.6 is 0 Å². The molecule has 0 saturated carbocycles. The lowest BCUT2D eigenvalue weighted by atomic mass is 10.0. The highest BCUT2D eigenvalue weighted by molar-refractivity contribution is 5.53. The first-order valence-corrected chi connectivity index (χ1v) is 5.72. The largest absolute Gasteiger partial charge is 0.368 e. The highest BCUT2D eigenvalue weighted by Crippen LogP contribution is 2.26. The summed E-state index contributed by atoms with van der Waals surface area (Å²) in [7, 11) is 0. The van der Waals surface area contributed by atoms with Crippen molar-refractivity contribution in [1.29, 1.82) is 0 Å². The van der Waals surface area contributed by atoms with Crippen LogP contribution in [0.25, 0.3) is 0 Å². The topological polar surface area (TPSA) is 42.2 Å². The van der Waals surface area contributed by atoms with Crippen LogP contribution < -0.4 is 10.6 Å². The average Bonchev–Trinajstić information content (AvgIpc) is 2.30. The molecule has 1 atom stereocenters. The van der Waals surface area contributed by atoms with Crippen LogP contribution in [0, 0.1) is 0 Å². The predicted octanol–water partition coefficient (Wildman–Crippen LogP) is 1.92. The Morgan fingerprint density at radius 2 is 2.40 bits per heavy atom. The first-order chi connectivity index (χ1) is 7.33. The smallest absolute Gasteiger partial charge is 0.0445 e. The van der Waals surface area contributed by atoms with Gasteiger partial charge in [-0.1, -0.05) is 0 Å². The zero-order valence-corrected chi connectivity index (χ0v) is 9.32. The number of nitrogens with two attached hydrogens (primary N) is 1. The Bertz CT molecular complexity index is 324. The lowest BCUT2D eigenvalue weighted by Gasteiger charge is -2.36. The molecule has 3 heteroatoms. The fourth-order valence-corrected chi connectivity index (χ4v) is 2.31. The van der Waals surface area contributed by atoms with E-state index in [0.29, 0.717) is 12.6 Å². The monoisotopic (exact) mass is 205 g/mol. The van der Waals surface area contributed by atoms with Crippen molar-refractivity contribution < 1.29 is 0 Å². The molecule has 0 unspecified atom stereocenters. The summed E-state index contributed by atoms with van der Waals surface area (Å²) in [5, 5.41) is 0. The highest BCUT2D eigenvalue weighted by Gasteiger charge is 2.20. The Labute approximate surface area is 91.3 Å². The summed E-state index contributed by atoms with van der Waals surface area (Å²) in [5.41, 5.74) is 8.17.